The van der Waals surface area contributed by atoms with Gasteiger partial charge in [0.15, 0.2) is 5.03 Å². The molecule has 1 heterocycles. The first-order valence-corrected chi connectivity index (χ1v) is 7.58. The molecule has 0 aliphatic carbocycles. The van der Waals surface area contributed by atoms with Gasteiger partial charge in [0.1, 0.15) is 5.82 Å². The first-order valence-electron chi connectivity index (χ1n) is 6.10. The zero-order chi connectivity index (χ0) is 15.1. The van der Waals surface area contributed by atoms with Gasteiger partial charge in [0.2, 0.25) is 0 Å². The van der Waals surface area contributed by atoms with Crippen LogP contribution < -0.4 is 10.5 Å². The minimum atomic E-state index is -3.70. The molecule has 0 aliphatic rings. The molecule has 2 aromatic rings. The van der Waals surface area contributed by atoms with Crippen LogP contribution in [0.4, 0.5) is 11.4 Å². The largest absolute Gasteiger partial charge is 0.398 e. The first kappa shape index (κ1) is 14.4. The summed E-state index contributed by atoms with van der Waals surface area (Å²) >= 11 is 0. The summed E-state index contributed by atoms with van der Waals surface area (Å²) in [6, 6.07) is 3.47. The molecule has 0 atom stereocenters. The fraction of sp³-hybridized carbons (Fsp3) is 0.308. The number of imidazole rings is 1. The number of rotatable bonds is 3. The standard InChI is InChI=1S/C13H18N4O2S/c1-8-5-9(2)12(6-11(8)14)16-20(18,19)13-7-17(4)10(3)15-13/h5-7,16H,14H2,1-4H3. The molecule has 7 heteroatoms. The monoisotopic (exact) mass is 294 g/mol. The van der Waals surface area contributed by atoms with Crippen LogP contribution in [0.25, 0.3) is 0 Å². The van der Waals surface area contributed by atoms with E-state index >= 15 is 0 Å². The SMILES string of the molecule is Cc1cc(C)c(NS(=O)(=O)c2cn(C)c(C)n2)cc1N. The van der Waals surface area contributed by atoms with Crippen molar-refractivity contribution in [3.8, 4) is 0 Å². The fourth-order valence-corrected chi connectivity index (χ4v) is 2.99. The van der Waals surface area contributed by atoms with Crippen LogP contribution in [0.2, 0.25) is 0 Å². The van der Waals surface area contributed by atoms with Crippen molar-refractivity contribution in [2.75, 3.05) is 10.5 Å². The van der Waals surface area contributed by atoms with E-state index < -0.39 is 10.0 Å². The highest BCUT2D eigenvalue weighted by Gasteiger charge is 2.19. The second kappa shape index (κ2) is 4.82. The van der Waals surface area contributed by atoms with E-state index in [1.165, 1.54) is 6.20 Å². The molecule has 0 spiro atoms. The van der Waals surface area contributed by atoms with Crippen LogP contribution in [-0.4, -0.2) is 18.0 Å². The zero-order valence-electron chi connectivity index (χ0n) is 11.9. The van der Waals surface area contributed by atoms with Crippen LogP contribution in [0.3, 0.4) is 0 Å². The maximum absolute atomic E-state index is 12.3. The second-order valence-corrected chi connectivity index (χ2v) is 6.50. The minimum Gasteiger partial charge on any atom is -0.398 e. The van der Waals surface area contributed by atoms with Crippen molar-refractivity contribution in [1.82, 2.24) is 9.55 Å². The highest BCUT2D eigenvalue weighted by molar-refractivity contribution is 7.92. The molecule has 0 saturated carbocycles. The number of sulfonamides is 1. The molecule has 0 unspecified atom stereocenters. The van der Waals surface area contributed by atoms with Crippen molar-refractivity contribution in [1.29, 1.82) is 0 Å². The lowest BCUT2D eigenvalue weighted by Gasteiger charge is -2.11. The quantitative estimate of drug-likeness (QED) is 0.844. The Hall–Kier alpha value is -2.02. The summed E-state index contributed by atoms with van der Waals surface area (Å²) in [5, 5.41) is -0.00366. The van der Waals surface area contributed by atoms with Crippen LogP contribution in [0.15, 0.2) is 23.4 Å². The predicted octanol–water partition coefficient (Wildman–Crippen LogP) is 1.73. The number of benzene rings is 1. The number of hydrogen-bond acceptors (Lipinski definition) is 4. The summed E-state index contributed by atoms with van der Waals surface area (Å²) in [4.78, 5) is 4.03. The average Bonchev–Trinajstić information content (AvgIpc) is 2.67. The molecule has 0 aliphatic heterocycles. The zero-order valence-corrected chi connectivity index (χ0v) is 12.7. The molecule has 0 fully saturated rings. The third-order valence-corrected chi connectivity index (χ3v) is 4.46. The number of nitrogens with zero attached hydrogens (tertiary/aromatic N) is 2. The Morgan fingerprint density at radius 2 is 1.85 bits per heavy atom. The van der Waals surface area contributed by atoms with Crippen molar-refractivity contribution < 1.29 is 8.42 Å². The molecular weight excluding hydrogens is 276 g/mol. The van der Waals surface area contributed by atoms with Gasteiger partial charge in [-0.25, -0.2) is 4.98 Å². The lowest BCUT2D eigenvalue weighted by molar-refractivity contribution is 0.598. The summed E-state index contributed by atoms with van der Waals surface area (Å²) in [6.07, 6.45) is 1.48. The van der Waals surface area contributed by atoms with Gasteiger partial charge in [0.05, 0.1) is 5.69 Å². The van der Waals surface area contributed by atoms with Crippen LogP contribution in [-0.2, 0) is 17.1 Å². The number of anilines is 2. The lowest BCUT2D eigenvalue weighted by atomic mass is 10.1. The van der Waals surface area contributed by atoms with Crippen molar-refractivity contribution in [2.45, 2.75) is 25.8 Å². The van der Waals surface area contributed by atoms with Crippen molar-refractivity contribution in [2.24, 2.45) is 7.05 Å². The summed E-state index contributed by atoms with van der Waals surface area (Å²) in [5.41, 5.74) is 8.57. The van der Waals surface area contributed by atoms with Crippen LogP contribution in [0, 0.1) is 20.8 Å². The summed E-state index contributed by atoms with van der Waals surface area (Å²) in [6.45, 7) is 5.45. The predicted molar refractivity (Wildman–Crippen MR) is 79.1 cm³/mol. The molecule has 0 bridgehead atoms. The van der Waals surface area contributed by atoms with Crippen molar-refractivity contribution >= 4 is 21.4 Å². The third-order valence-electron chi connectivity index (χ3n) is 3.22. The minimum absolute atomic E-state index is 0.00366. The molecule has 108 valence electrons. The van der Waals surface area contributed by atoms with Crippen molar-refractivity contribution in [3.05, 3.63) is 35.3 Å². The molecule has 0 amide bonds. The highest BCUT2D eigenvalue weighted by atomic mass is 32.2. The molecule has 1 aromatic heterocycles. The maximum atomic E-state index is 12.3. The number of aryl methyl sites for hydroxylation is 4. The molecule has 1 aromatic carbocycles. The number of nitrogens with two attached hydrogens (primary N) is 1. The van der Waals surface area contributed by atoms with Gasteiger partial charge < -0.3 is 10.3 Å². The third kappa shape index (κ3) is 2.62. The summed E-state index contributed by atoms with van der Waals surface area (Å²) in [5.74, 6) is 0.630. The van der Waals surface area contributed by atoms with E-state index in [-0.39, 0.29) is 5.03 Å². The topological polar surface area (TPSA) is 90.0 Å². The molecule has 6 nitrogen and oxygen atoms in total. The van der Waals surface area contributed by atoms with Gasteiger partial charge in [-0.2, -0.15) is 8.42 Å². The van der Waals surface area contributed by atoms with Crippen LogP contribution in [0.1, 0.15) is 17.0 Å². The molecule has 0 saturated heterocycles. The Morgan fingerprint density at radius 1 is 1.20 bits per heavy atom. The van der Waals surface area contributed by atoms with E-state index in [0.717, 1.165) is 11.1 Å². The number of nitrogen functional groups attached to an aromatic ring is 1. The smallest absolute Gasteiger partial charge is 0.280 e. The molecule has 2 rings (SSSR count). The van der Waals surface area contributed by atoms with Gasteiger partial charge in [-0.3, -0.25) is 4.72 Å². The van der Waals surface area contributed by atoms with Gasteiger partial charge in [0, 0.05) is 18.9 Å². The van der Waals surface area contributed by atoms with Crippen LogP contribution >= 0.6 is 0 Å². The molecular formula is C13H18N4O2S. The fourth-order valence-electron chi connectivity index (χ4n) is 1.83. The van der Waals surface area contributed by atoms with E-state index in [4.69, 9.17) is 5.73 Å². The van der Waals surface area contributed by atoms with E-state index in [1.807, 2.05) is 19.9 Å². The molecule has 20 heavy (non-hydrogen) atoms. The Kier molecular flexibility index (Phi) is 3.47. The highest BCUT2D eigenvalue weighted by Crippen LogP contribution is 2.24. The second-order valence-electron chi connectivity index (χ2n) is 4.87. The first-order chi connectivity index (χ1) is 9.20. The number of aromatic nitrogens is 2. The van der Waals surface area contributed by atoms with E-state index in [2.05, 4.69) is 9.71 Å². The van der Waals surface area contributed by atoms with Crippen molar-refractivity contribution in [3.63, 3.8) is 0 Å². The van der Waals surface area contributed by atoms with Gasteiger partial charge in [0.25, 0.3) is 10.0 Å². The molecule has 0 radical (unpaired) electrons. The maximum Gasteiger partial charge on any atom is 0.280 e. The lowest BCUT2D eigenvalue weighted by Crippen LogP contribution is -2.14. The number of nitrogens with one attached hydrogen (secondary N) is 1. The Bertz CT molecular complexity index is 743. The normalized spacial score (nSPS) is 11.6. The summed E-state index contributed by atoms with van der Waals surface area (Å²) < 4.78 is 28.8. The van der Waals surface area contributed by atoms with Gasteiger partial charge in [-0.05, 0) is 38.0 Å². The average molecular weight is 294 g/mol. The summed E-state index contributed by atoms with van der Waals surface area (Å²) in [7, 11) is -1.96. The molecule has 3 N–H and O–H groups in total. The van der Waals surface area contributed by atoms with E-state index in [9.17, 15) is 8.42 Å². The van der Waals surface area contributed by atoms with Gasteiger partial charge in [-0.1, -0.05) is 6.07 Å². The van der Waals surface area contributed by atoms with Gasteiger partial charge >= 0.3 is 0 Å². The van der Waals surface area contributed by atoms with Crippen LogP contribution in [0.5, 0.6) is 0 Å². The number of hydrogen-bond donors (Lipinski definition) is 2. The van der Waals surface area contributed by atoms with E-state index in [0.29, 0.717) is 17.2 Å². The Labute approximate surface area is 118 Å². The van der Waals surface area contributed by atoms with Gasteiger partial charge in [-0.15, -0.1) is 0 Å². The Balaban J connectivity index is 2.40. The van der Waals surface area contributed by atoms with E-state index in [1.54, 1.807) is 24.6 Å². The Morgan fingerprint density at radius 3 is 2.40 bits per heavy atom.